The van der Waals surface area contributed by atoms with E-state index in [1.54, 1.807) is 13.8 Å². The molecule has 2 N–H and O–H groups in total. The third-order valence-corrected chi connectivity index (χ3v) is 6.22. The minimum Gasteiger partial charge on any atom is -0.476 e. The van der Waals surface area contributed by atoms with E-state index in [2.05, 4.69) is 34.6 Å². The normalized spacial score (nSPS) is 13.4. The number of amides is 1. The van der Waals surface area contributed by atoms with Crippen molar-refractivity contribution in [3.63, 3.8) is 0 Å². The topological polar surface area (TPSA) is 88.5 Å². The Morgan fingerprint density at radius 3 is 2.28 bits per heavy atom. The first-order chi connectivity index (χ1) is 14.0. The van der Waals surface area contributed by atoms with Crippen molar-refractivity contribution in [3.05, 3.63) is 75.2 Å². The number of thiazole rings is 1. The molecule has 29 heavy (non-hydrogen) atoms. The van der Waals surface area contributed by atoms with Gasteiger partial charge in [-0.2, -0.15) is 0 Å². The largest absolute Gasteiger partial charge is 0.476 e. The Bertz CT molecular complexity index is 1050. The molecular weight excluding hydrogens is 388 g/mol. The number of hydrogen-bond acceptors (Lipinski definition) is 5. The lowest BCUT2D eigenvalue weighted by Gasteiger charge is -2.16. The summed E-state index contributed by atoms with van der Waals surface area (Å²) in [5.41, 5.74) is 4.66. The lowest BCUT2D eigenvalue weighted by Crippen LogP contribution is -2.28. The average Bonchev–Trinajstić information content (AvgIpc) is 3.25. The maximum atomic E-state index is 12.4. The average molecular weight is 408 g/mol. The van der Waals surface area contributed by atoms with Crippen molar-refractivity contribution < 1.29 is 19.4 Å². The molecular formula is C22H20N2O4S. The fourth-order valence-electron chi connectivity index (χ4n) is 3.68. The quantitative estimate of drug-likeness (QED) is 0.636. The highest BCUT2D eigenvalue weighted by Gasteiger charge is 2.29. The minimum absolute atomic E-state index is 0.0100. The van der Waals surface area contributed by atoms with Crippen LogP contribution in [0.4, 0.5) is 4.79 Å². The Kier molecular flexibility index (Phi) is 5.07. The van der Waals surface area contributed by atoms with Crippen LogP contribution >= 0.6 is 11.3 Å². The summed E-state index contributed by atoms with van der Waals surface area (Å²) in [6, 6.07) is 15.9. The smallest absolute Gasteiger partial charge is 0.407 e. The van der Waals surface area contributed by atoms with Gasteiger partial charge < -0.3 is 15.2 Å². The van der Waals surface area contributed by atoms with Crippen molar-refractivity contribution in [2.75, 3.05) is 6.61 Å². The summed E-state index contributed by atoms with van der Waals surface area (Å²) in [6.45, 7) is 3.68. The predicted octanol–water partition coefficient (Wildman–Crippen LogP) is 4.75. The molecule has 1 unspecified atom stereocenters. The molecule has 6 nitrogen and oxygen atoms in total. The number of carbonyl (C=O) groups excluding carboxylic acids is 1. The molecule has 2 aromatic carbocycles. The van der Waals surface area contributed by atoms with Gasteiger partial charge in [0.1, 0.15) is 11.6 Å². The van der Waals surface area contributed by atoms with Crippen LogP contribution < -0.4 is 5.32 Å². The molecule has 7 heteroatoms. The van der Waals surface area contributed by atoms with Crippen LogP contribution in [0.2, 0.25) is 0 Å². The molecule has 0 radical (unpaired) electrons. The van der Waals surface area contributed by atoms with E-state index >= 15 is 0 Å². The van der Waals surface area contributed by atoms with Crippen LogP contribution in [0.1, 0.15) is 50.4 Å². The SMILES string of the molecule is Cc1sc(C(C)NC(=O)OCC2c3ccccc3-c3ccccc32)nc1C(=O)O. The summed E-state index contributed by atoms with van der Waals surface area (Å²) in [5.74, 6) is -1.08. The number of aromatic nitrogens is 1. The van der Waals surface area contributed by atoms with Gasteiger partial charge in [-0.15, -0.1) is 11.3 Å². The summed E-state index contributed by atoms with van der Waals surface area (Å²) in [4.78, 5) is 28.2. The molecule has 0 aliphatic heterocycles. The second kappa shape index (κ2) is 7.67. The van der Waals surface area contributed by atoms with Gasteiger partial charge in [0.15, 0.2) is 5.69 Å². The molecule has 0 fully saturated rings. The van der Waals surface area contributed by atoms with Crippen molar-refractivity contribution in [1.29, 1.82) is 0 Å². The number of carboxylic acid groups (broad SMARTS) is 1. The molecule has 1 aromatic heterocycles. The maximum Gasteiger partial charge on any atom is 0.407 e. The Morgan fingerprint density at radius 1 is 1.14 bits per heavy atom. The molecule has 4 rings (SSSR count). The van der Waals surface area contributed by atoms with Crippen LogP contribution in [0.5, 0.6) is 0 Å². The summed E-state index contributed by atoms with van der Waals surface area (Å²) in [5, 5.41) is 12.4. The summed E-state index contributed by atoms with van der Waals surface area (Å²) >= 11 is 1.26. The number of carboxylic acids is 1. The molecule has 1 atom stereocenters. The van der Waals surface area contributed by atoms with Crippen molar-refractivity contribution in [2.24, 2.45) is 0 Å². The highest BCUT2D eigenvalue weighted by Crippen LogP contribution is 2.44. The number of nitrogens with zero attached hydrogens (tertiary/aromatic N) is 1. The van der Waals surface area contributed by atoms with Crippen LogP contribution in [0.3, 0.4) is 0 Å². The number of fused-ring (bicyclic) bond motifs is 3. The van der Waals surface area contributed by atoms with Crippen molar-refractivity contribution in [3.8, 4) is 11.1 Å². The zero-order valence-corrected chi connectivity index (χ0v) is 16.8. The van der Waals surface area contributed by atoms with Crippen molar-refractivity contribution >= 4 is 23.4 Å². The number of carbonyl (C=O) groups is 2. The van der Waals surface area contributed by atoms with Gasteiger partial charge in [0, 0.05) is 10.8 Å². The molecule has 0 saturated heterocycles. The van der Waals surface area contributed by atoms with Gasteiger partial charge in [-0.3, -0.25) is 0 Å². The number of ether oxygens (including phenoxy) is 1. The fourth-order valence-corrected chi connectivity index (χ4v) is 4.60. The monoisotopic (exact) mass is 408 g/mol. The third-order valence-electron chi connectivity index (χ3n) is 5.06. The lowest BCUT2D eigenvalue weighted by molar-refractivity contribution is 0.0690. The van der Waals surface area contributed by atoms with Crippen LogP contribution in [0.25, 0.3) is 11.1 Å². The zero-order valence-electron chi connectivity index (χ0n) is 16.0. The Hall–Kier alpha value is -3.19. The minimum atomic E-state index is -1.07. The highest BCUT2D eigenvalue weighted by atomic mass is 32.1. The van der Waals surface area contributed by atoms with Gasteiger partial charge in [-0.1, -0.05) is 48.5 Å². The summed E-state index contributed by atoms with van der Waals surface area (Å²) in [7, 11) is 0. The van der Waals surface area contributed by atoms with Crippen LogP contribution in [0, 0.1) is 6.92 Å². The first-order valence-electron chi connectivity index (χ1n) is 9.28. The van der Waals surface area contributed by atoms with E-state index in [1.165, 1.54) is 22.5 Å². The Labute approximate surface area is 172 Å². The van der Waals surface area contributed by atoms with Crippen LogP contribution in [-0.2, 0) is 4.74 Å². The van der Waals surface area contributed by atoms with Crippen LogP contribution in [0.15, 0.2) is 48.5 Å². The summed E-state index contributed by atoms with van der Waals surface area (Å²) < 4.78 is 5.53. The van der Waals surface area contributed by atoms with Crippen molar-refractivity contribution in [2.45, 2.75) is 25.8 Å². The van der Waals surface area contributed by atoms with E-state index in [0.29, 0.717) is 9.88 Å². The van der Waals surface area contributed by atoms with Crippen molar-refractivity contribution in [1.82, 2.24) is 10.3 Å². The second-order valence-electron chi connectivity index (χ2n) is 6.95. The number of hydrogen-bond donors (Lipinski definition) is 2. The predicted molar refractivity (Wildman–Crippen MR) is 110 cm³/mol. The van der Waals surface area contributed by atoms with E-state index in [9.17, 15) is 9.59 Å². The molecule has 1 aliphatic carbocycles. The van der Waals surface area contributed by atoms with E-state index in [-0.39, 0.29) is 18.2 Å². The van der Waals surface area contributed by atoms with E-state index in [0.717, 1.165) is 11.1 Å². The zero-order chi connectivity index (χ0) is 20.5. The molecule has 0 saturated carbocycles. The number of benzene rings is 2. The van der Waals surface area contributed by atoms with Gasteiger partial charge >= 0.3 is 12.1 Å². The Balaban J connectivity index is 1.44. The lowest BCUT2D eigenvalue weighted by atomic mass is 9.98. The van der Waals surface area contributed by atoms with E-state index < -0.39 is 18.1 Å². The van der Waals surface area contributed by atoms with Crippen LogP contribution in [-0.4, -0.2) is 28.8 Å². The first kappa shape index (κ1) is 19.1. The highest BCUT2D eigenvalue weighted by molar-refractivity contribution is 7.11. The Morgan fingerprint density at radius 2 is 1.72 bits per heavy atom. The van der Waals surface area contributed by atoms with Gasteiger partial charge in [0.2, 0.25) is 0 Å². The molecule has 1 amide bonds. The first-order valence-corrected chi connectivity index (χ1v) is 10.1. The standard InChI is InChI=1S/C22H20N2O4S/c1-12(20-24-19(21(25)26)13(2)29-20)23-22(27)28-11-18-16-9-5-3-7-14(16)15-8-4-6-10-17(15)18/h3-10,12,18H,11H2,1-2H3,(H,23,27)(H,25,26). The number of aryl methyl sites for hydroxylation is 1. The van der Waals surface area contributed by atoms with Gasteiger partial charge in [-0.05, 0) is 36.1 Å². The number of rotatable bonds is 5. The van der Waals surface area contributed by atoms with E-state index in [4.69, 9.17) is 9.84 Å². The number of aromatic carboxylic acids is 1. The molecule has 0 bridgehead atoms. The number of alkyl carbamates (subject to hydrolysis) is 1. The molecule has 1 heterocycles. The molecule has 3 aromatic rings. The molecule has 148 valence electrons. The molecule has 1 aliphatic rings. The second-order valence-corrected chi connectivity index (χ2v) is 8.19. The fraction of sp³-hybridized carbons (Fsp3) is 0.227. The van der Waals surface area contributed by atoms with Gasteiger partial charge in [0.25, 0.3) is 0 Å². The van der Waals surface area contributed by atoms with E-state index in [1.807, 2.05) is 24.3 Å². The molecule has 0 spiro atoms. The third kappa shape index (κ3) is 3.61. The summed E-state index contributed by atoms with van der Waals surface area (Å²) in [6.07, 6.45) is -0.552. The number of nitrogens with one attached hydrogen (secondary N) is 1. The maximum absolute atomic E-state index is 12.4. The van der Waals surface area contributed by atoms with Gasteiger partial charge in [-0.25, -0.2) is 14.6 Å². The van der Waals surface area contributed by atoms with Gasteiger partial charge in [0.05, 0.1) is 6.04 Å².